The van der Waals surface area contributed by atoms with E-state index >= 15 is 0 Å². The Morgan fingerprint density at radius 2 is 1.71 bits per heavy atom. The largest absolute Gasteiger partial charge is 0.435 e. The summed E-state index contributed by atoms with van der Waals surface area (Å²) in [6, 6.07) is 3.97. The van der Waals surface area contributed by atoms with Crippen molar-refractivity contribution >= 4 is 5.82 Å². The lowest BCUT2D eigenvalue weighted by molar-refractivity contribution is -0.141. The second-order valence-corrected chi connectivity index (χ2v) is 3.26. The van der Waals surface area contributed by atoms with Crippen LogP contribution in [0.3, 0.4) is 0 Å². The van der Waals surface area contributed by atoms with Gasteiger partial charge in [-0.2, -0.15) is 13.2 Å². The second kappa shape index (κ2) is 4.00. The van der Waals surface area contributed by atoms with E-state index in [1.54, 1.807) is 12.1 Å². The topological polar surface area (TPSA) is 64.7 Å². The molecule has 17 heavy (non-hydrogen) atoms. The fraction of sp³-hybridized carbons (Fsp3) is 0.100. The maximum atomic E-state index is 12.5. The molecule has 88 valence electrons. The first-order valence-electron chi connectivity index (χ1n) is 4.59. The third-order valence-electron chi connectivity index (χ3n) is 2.10. The summed E-state index contributed by atoms with van der Waals surface area (Å²) in [7, 11) is 0. The number of hydrogen-bond acceptors (Lipinski definition) is 4. The highest BCUT2D eigenvalue weighted by molar-refractivity contribution is 5.73. The molecule has 2 heterocycles. The van der Waals surface area contributed by atoms with Crippen LogP contribution < -0.4 is 5.73 Å². The summed E-state index contributed by atoms with van der Waals surface area (Å²) in [4.78, 5) is 3.77. The van der Waals surface area contributed by atoms with Crippen molar-refractivity contribution in [3.05, 3.63) is 36.3 Å². The lowest BCUT2D eigenvalue weighted by Crippen LogP contribution is -2.11. The van der Waals surface area contributed by atoms with Gasteiger partial charge < -0.3 is 5.73 Å². The molecule has 0 spiro atoms. The van der Waals surface area contributed by atoms with Crippen molar-refractivity contribution in [1.29, 1.82) is 0 Å². The predicted octanol–water partition coefficient (Wildman–Crippen LogP) is 2.14. The van der Waals surface area contributed by atoms with E-state index in [1.165, 1.54) is 12.4 Å². The molecule has 0 saturated carbocycles. The maximum absolute atomic E-state index is 12.5. The molecule has 0 aliphatic rings. The van der Waals surface area contributed by atoms with Crippen LogP contribution in [0.15, 0.2) is 30.6 Å². The smallest absolute Gasteiger partial charge is 0.382 e. The number of pyridine rings is 1. The van der Waals surface area contributed by atoms with E-state index in [2.05, 4.69) is 15.2 Å². The molecule has 0 unspecified atom stereocenters. The fourth-order valence-electron chi connectivity index (χ4n) is 1.30. The third-order valence-corrected chi connectivity index (χ3v) is 2.10. The quantitative estimate of drug-likeness (QED) is 0.829. The summed E-state index contributed by atoms with van der Waals surface area (Å²) in [5.41, 5.74) is 5.13. The Labute approximate surface area is 94.3 Å². The second-order valence-electron chi connectivity index (χ2n) is 3.26. The van der Waals surface area contributed by atoms with Gasteiger partial charge >= 0.3 is 6.18 Å². The first kappa shape index (κ1) is 11.3. The van der Waals surface area contributed by atoms with Crippen LogP contribution in [-0.4, -0.2) is 15.2 Å². The van der Waals surface area contributed by atoms with Crippen molar-refractivity contribution in [2.75, 3.05) is 5.73 Å². The van der Waals surface area contributed by atoms with E-state index < -0.39 is 11.9 Å². The summed E-state index contributed by atoms with van der Waals surface area (Å²) in [5.74, 6) is -0.0517. The number of aromatic nitrogens is 3. The van der Waals surface area contributed by atoms with Crippen LogP contribution >= 0.6 is 0 Å². The number of hydrogen-bond donors (Lipinski definition) is 1. The average Bonchev–Trinajstić information content (AvgIpc) is 2.29. The van der Waals surface area contributed by atoms with E-state index in [-0.39, 0.29) is 11.4 Å². The summed E-state index contributed by atoms with van der Waals surface area (Å²) in [6.07, 6.45) is -1.62. The molecule has 0 saturated heterocycles. The van der Waals surface area contributed by atoms with Gasteiger partial charge in [0.25, 0.3) is 0 Å². The lowest BCUT2D eigenvalue weighted by Gasteiger charge is -2.08. The van der Waals surface area contributed by atoms with Crippen molar-refractivity contribution in [1.82, 2.24) is 15.2 Å². The minimum atomic E-state index is -4.54. The molecule has 2 N–H and O–H groups in total. The lowest BCUT2D eigenvalue weighted by atomic mass is 10.1. The van der Waals surface area contributed by atoms with Crippen LogP contribution in [0, 0.1) is 0 Å². The van der Waals surface area contributed by atoms with Crippen molar-refractivity contribution in [2.24, 2.45) is 0 Å². The minimum absolute atomic E-state index is 0.0517. The third kappa shape index (κ3) is 2.32. The number of rotatable bonds is 1. The molecule has 0 aliphatic heterocycles. The van der Waals surface area contributed by atoms with E-state index in [0.717, 1.165) is 6.07 Å². The molecule has 2 aromatic heterocycles. The van der Waals surface area contributed by atoms with Crippen molar-refractivity contribution < 1.29 is 13.2 Å². The molecule has 0 aromatic carbocycles. The molecule has 0 amide bonds. The van der Waals surface area contributed by atoms with Gasteiger partial charge in [0.1, 0.15) is 0 Å². The van der Waals surface area contributed by atoms with Crippen molar-refractivity contribution in [3.8, 4) is 11.1 Å². The zero-order valence-electron chi connectivity index (χ0n) is 8.44. The Bertz CT molecular complexity index is 525. The molecular formula is C10H7F3N4. The number of halogens is 3. The van der Waals surface area contributed by atoms with Crippen LogP contribution in [-0.2, 0) is 6.18 Å². The number of nitrogen functional groups attached to an aromatic ring is 1. The summed E-state index contributed by atoms with van der Waals surface area (Å²) >= 11 is 0. The summed E-state index contributed by atoms with van der Waals surface area (Å²) in [6.45, 7) is 0. The summed E-state index contributed by atoms with van der Waals surface area (Å²) in [5, 5.41) is 6.33. The van der Waals surface area contributed by atoms with Gasteiger partial charge in [-0.15, -0.1) is 10.2 Å². The van der Waals surface area contributed by atoms with Gasteiger partial charge in [0.05, 0.1) is 0 Å². The van der Waals surface area contributed by atoms with Gasteiger partial charge in [0.15, 0.2) is 11.5 Å². The SMILES string of the molecule is Nc1nnc(C(F)(F)F)cc1-c1ccncc1. The molecule has 7 heteroatoms. The van der Waals surface area contributed by atoms with E-state index in [4.69, 9.17) is 5.73 Å². The molecule has 0 bridgehead atoms. The fourth-order valence-corrected chi connectivity index (χ4v) is 1.30. The molecule has 2 rings (SSSR count). The standard InChI is InChI=1S/C10H7F3N4/c11-10(12,13)8-5-7(9(14)17-16-8)6-1-3-15-4-2-6/h1-5H,(H2,14,17). The van der Waals surface area contributed by atoms with Crippen LogP contribution in [0.4, 0.5) is 19.0 Å². The van der Waals surface area contributed by atoms with Gasteiger partial charge in [-0.05, 0) is 23.8 Å². The number of nitrogens with zero attached hydrogens (tertiary/aromatic N) is 3. The van der Waals surface area contributed by atoms with Gasteiger partial charge in [-0.25, -0.2) is 0 Å². The average molecular weight is 240 g/mol. The first-order chi connectivity index (χ1) is 7.98. The molecule has 0 radical (unpaired) electrons. The zero-order valence-corrected chi connectivity index (χ0v) is 8.44. The van der Waals surface area contributed by atoms with Gasteiger partial charge in [-0.1, -0.05) is 0 Å². The Morgan fingerprint density at radius 1 is 1.06 bits per heavy atom. The molecular weight excluding hydrogens is 233 g/mol. The molecule has 4 nitrogen and oxygen atoms in total. The monoisotopic (exact) mass is 240 g/mol. The van der Waals surface area contributed by atoms with E-state index in [1.807, 2.05) is 0 Å². The van der Waals surface area contributed by atoms with Gasteiger partial charge in [0.2, 0.25) is 0 Å². The van der Waals surface area contributed by atoms with E-state index in [9.17, 15) is 13.2 Å². The van der Waals surface area contributed by atoms with Crippen LogP contribution in [0.1, 0.15) is 5.69 Å². The molecule has 0 fully saturated rings. The Morgan fingerprint density at radius 3 is 2.29 bits per heavy atom. The Hall–Kier alpha value is -2.18. The molecule has 0 atom stereocenters. The highest BCUT2D eigenvalue weighted by Gasteiger charge is 2.33. The van der Waals surface area contributed by atoms with Crippen molar-refractivity contribution in [2.45, 2.75) is 6.18 Å². The molecule has 2 aromatic rings. The van der Waals surface area contributed by atoms with Crippen molar-refractivity contribution in [3.63, 3.8) is 0 Å². The van der Waals surface area contributed by atoms with Gasteiger partial charge in [-0.3, -0.25) is 4.98 Å². The Balaban J connectivity index is 2.55. The zero-order chi connectivity index (χ0) is 12.5. The number of nitrogens with two attached hydrogens (primary N) is 1. The van der Waals surface area contributed by atoms with Crippen LogP contribution in [0.25, 0.3) is 11.1 Å². The number of alkyl halides is 3. The summed E-state index contributed by atoms with van der Waals surface area (Å²) < 4.78 is 37.4. The highest BCUT2D eigenvalue weighted by atomic mass is 19.4. The normalized spacial score (nSPS) is 11.5. The van der Waals surface area contributed by atoms with Crippen LogP contribution in [0.5, 0.6) is 0 Å². The first-order valence-corrected chi connectivity index (χ1v) is 4.59. The minimum Gasteiger partial charge on any atom is -0.382 e. The Kier molecular flexibility index (Phi) is 2.66. The highest BCUT2D eigenvalue weighted by Crippen LogP contribution is 2.31. The van der Waals surface area contributed by atoms with Crippen LogP contribution in [0.2, 0.25) is 0 Å². The number of anilines is 1. The predicted molar refractivity (Wildman–Crippen MR) is 54.7 cm³/mol. The van der Waals surface area contributed by atoms with Gasteiger partial charge in [0, 0.05) is 18.0 Å². The molecule has 0 aliphatic carbocycles. The van der Waals surface area contributed by atoms with E-state index in [0.29, 0.717) is 5.56 Å². The maximum Gasteiger partial charge on any atom is 0.435 e.